The van der Waals surface area contributed by atoms with Gasteiger partial charge in [0.05, 0.1) is 0 Å². The first-order valence-electron chi connectivity index (χ1n) is 7.09. The van der Waals surface area contributed by atoms with Crippen molar-refractivity contribution in [2.75, 3.05) is 0 Å². The molecule has 0 radical (unpaired) electrons. The molecule has 0 atom stereocenters. The molecular weight excluding hydrogens is 228 g/mol. The summed E-state index contributed by atoms with van der Waals surface area (Å²) in [6.45, 7) is 17.8. The van der Waals surface area contributed by atoms with E-state index in [0.717, 1.165) is 0 Å². The zero-order chi connectivity index (χ0) is 14.8. The van der Waals surface area contributed by atoms with E-state index in [1.807, 2.05) is 39.8 Å². The van der Waals surface area contributed by atoms with Crippen molar-refractivity contribution < 1.29 is 0 Å². The third-order valence-corrected chi connectivity index (χ3v) is 2.78. The molecule has 102 valence electrons. The summed E-state index contributed by atoms with van der Waals surface area (Å²) in [5.74, 6) is 0. The highest BCUT2D eigenvalue weighted by Gasteiger charge is 2.21. The Morgan fingerprint density at radius 1 is 0.789 bits per heavy atom. The normalized spacial score (nSPS) is 13.8. The van der Waals surface area contributed by atoms with Gasteiger partial charge in [-0.15, -0.1) is 0 Å². The highest BCUT2D eigenvalue weighted by molar-refractivity contribution is 6.04. The van der Waals surface area contributed by atoms with E-state index in [-0.39, 0.29) is 0 Å². The second-order valence-corrected chi connectivity index (χ2v) is 3.48. The Hall–Kier alpha value is -1.82. The van der Waals surface area contributed by atoms with Crippen LogP contribution in [0.25, 0.3) is 11.1 Å². The molecule has 0 fully saturated rings. The van der Waals surface area contributed by atoms with Crippen LogP contribution < -0.4 is 0 Å². The molecule has 1 aromatic rings. The van der Waals surface area contributed by atoms with Crippen LogP contribution in [0.2, 0.25) is 0 Å². The Morgan fingerprint density at radius 3 is 1.68 bits per heavy atom. The van der Waals surface area contributed by atoms with Crippen LogP contribution in [0, 0.1) is 0 Å². The lowest BCUT2D eigenvalue weighted by molar-refractivity contribution is 1.50. The molecular formula is C19H26. The van der Waals surface area contributed by atoms with Crippen LogP contribution in [0.1, 0.15) is 45.7 Å². The third-order valence-electron chi connectivity index (χ3n) is 2.78. The summed E-state index contributed by atoms with van der Waals surface area (Å²) in [5, 5.41) is 0. The Kier molecular flexibility index (Phi) is 8.28. The number of hydrogen-bond donors (Lipinski definition) is 0. The van der Waals surface area contributed by atoms with Crippen molar-refractivity contribution in [3.63, 3.8) is 0 Å². The summed E-state index contributed by atoms with van der Waals surface area (Å²) < 4.78 is 0. The predicted octanol–water partition coefficient (Wildman–Crippen LogP) is 6.28. The fourth-order valence-electron chi connectivity index (χ4n) is 2.14. The van der Waals surface area contributed by atoms with Gasteiger partial charge in [0, 0.05) is 0 Å². The van der Waals surface area contributed by atoms with Crippen molar-refractivity contribution in [2.45, 2.75) is 34.6 Å². The molecule has 0 amide bonds. The smallest absolute Gasteiger partial charge is 0.00993 e. The molecule has 0 N–H and O–H groups in total. The Morgan fingerprint density at radius 2 is 1.26 bits per heavy atom. The summed E-state index contributed by atoms with van der Waals surface area (Å²) in [6, 6.07) is 8.40. The minimum atomic E-state index is 1.19. The first kappa shape index (κ1) is 17.2. The minimum absolute atomic E-state index is 1.19. The van der Waals surface area contributed by atoms with E-state index in [4.69, 9.17) is 0 Å². The maximum atomic E-state index is 3.88. The number of benzene rings is 1. The van der Waals surface area contributed by atoms with E-state index in [1.54, 1.807) is 0 Å². The second-order valence-electron chi connectivity index (χ2n) is 3.48. The van der Waals surface area contributed by atoms with Crippen molar-refractivity contribution >= 4 is 11.1 Å². The summed E-state index contributed by atoms with van der Waals surface area (Å²) in [4.78, 5) is 0. The Labute approximate surface area is 118 Å². The van der Waals surface area contributed by atoms with Crippen molar-refractivity contribution in [2.24, 2.45) is 0 Å². The monoisotopic (exact) mass is 254 g/mol. The maximum absolute atomic E-state index is 3.88. The average Bonchev–Trinajstić information content (AvgIpc) is 2.83. The number of allylic oxidation sites excluding steroid dienone is 6. The molecule has 19 heavy (non-hydrogen) atoms. The van der Waals surface area contributed by atoms with Crippen LogP contribution in [0.5, 0.6) is 0 Å². The average molecular weight is 254 g/mol. The quantitative estimate of drug-likeness (QED) is 0.582. The predicted molar refractivity (Wildman–Crippen MR) is 90.1 cm³/mol. The standard InChI is InChI=1S/C15H14.2C2H6/c1-4-11-12(5-2)14-9-7-8-10-15(14)13(11)6-3;2*1-2/h4-10H,1-2H2,3H3;2*1-2H3/b13-6+;;. The van der Waals surface area contributed by atoms with Crippen LogP contribution in [-0.2, 0) is 0 Å². The summed E-state index contributed by atoms with van der Waals surface area (Å²) in [7, 11) is 0. The van der Waals surface area contributed by atoms with Crippen LogP contribution in [0.15, 0.2) is 61.2 Å². The van der Waals surface area contributed by atoms with Gasteiger partial charge in [0.25, 0.3) is 0 Å². The lowest BCUT2D eigenvalue weighted by Gasteiger charge is -2.01. The summed E-state index contributed by atoms with van der Waals surface area (Å²) >= 11 is 0. The molecule has 1 aliphatic rings. The zero-order valence-corrected chi connectivity index (χ0v) is 13.0. The summed E-state index contributed by atoms with van der Waals surface area (Å²) in [6.07, 6.45) is 5.95. The van der Waals surface area contributed by atoms with Crippen LogP contribution in [0.3, 0.4) is 0 Å². The SMILES string of the molecule is C=CC1=C(C=C)c2ccccc2/C1=C/C.CC.CC. The summed E-state index contributed by atoms with van der Waals surface area (Å²) in [5.41, 5.74) is 6.18. The van der Waals surface area contributed by atoms with E-state index < -0.39 is 0 Å². The molecule has 0 saturated heterocycles. The maximum Gasteiger partial charge on any atom is -0.00993 e. The second kappa shape index (κ2) is 9.16. The van der Waals surface area contributed by atoms with Gasteiger partial charge in [-0.05, 0) is 34.8 Å². The Bertz CT molecular complexity index is 485. The fraction of sp³-hybridized carbons (Fsp3) is 0.263. The Balaban J connectivity index is 0.000000741. The topological polar surface area (TPSA) is 0 Å². The fourth-order valence-corrected chi connectivity index (χ4v) is 2.14. The lowest BCUT2D eigenvalue weighted by atomic mass is 10.0. The first-order chi connectivity index (χ1) is 9.33. The molecule has 0 heterocycles. The molecule has 0 unspecified atom stereocenters. The molecule has 0 aromatic heterocycles. The largest absolute Gasteiger partial charge is 0.0984 e. The number of rotatable bonds is 2. The van der Waals surface area contributed by atoms with Gasteiger partial charge in [-0.25, -0.2) is 0 Å². The molecule has 1 aliphatic carbocycles. The minimum Gasteiger partial charge on any atom is -0.0984 e. The molecule has 0 saturated carbocycles. The van der Waals surface area contributed by atoms with E-state index in [2.05, 4.69) is 50.4 Å². The molecule has 1 aromatic carbocycles. The third kappa shape index (κ3) is 3.35. The van der Waals surface area contributed by atoms with Gasteiger partial charge in [-0.3, -0.25) is 0 Å². The van der Waals surface area contributed by atoms with E-state index in [0.29, 0.717) is 0 Å². The van der Waals surface area contributed by atoms with Gasteiger partial charge < -0.3 is 0 Å². The highest BCUT2D eigenvalue weighted by Crippen LogP contribution is 2.41. The van der Waals surface area contributed by atoms with Crippen molar-refractivity contribution in [3.8, 4) is 0 Å². The highest BCUT2D eigenvalue weighted by atomic mass is 14.2. The van der Waals surface area contributed by atoms with Crippen molar-refractivity contribution in [1.29, 1.82) is 0 Å². The van der Waals surface area contributed by atoms with Gasteiger partial charge in [0.1, 0.15) is 0 Å². The van der Waals surface area contributed by atoms with Gasteiger partial charge in [0.15, 0.2) is 0 Å². The van der Waals surface area contributed by atoms with Gasteiger partial charge in [-0.2, -0.15) is 0 Å². The van der Waals surface area contributed by atoms with Crippen LogP contribution >= 0.6 is 0 Å². The lowest BCUT2D eigenvalue weighted by Crippen LogP contribution is -1.81. The van der Waals surface area contributed by atoms with Crippen LogP contribution in [0.4, 0.5) is 0 Å². The zero-order valence-electron chi connectivity index (χ0n) is 13.0. The van der Waals surface area contributed by atoms with E-state index in [1.165, 1.54) is 27.8 Å². The van der Waals surface area contributed by atoms with Crippen molar-refractivity contribution in [1.82, 2.24) is 0 Å². The molecule has 0 spiro atoms. The first-order valence-corrected chi connectivity index (χ1v) is 7.09. The molecule has 2 rings (SSSR count). The molecule has 0 heteroatoms. The van der Waals surface area contributed by atoms with E-state index in [9.17, 15) is 0 Å². The van der Waals surface area contributed by atoms with Gasteiger partial charge in [-0.1, -0.05) is 83.3 Å². The van der Waals surface area contributed by atoms with E-state index >= 15 is 0 Å². The number of hydrogen-bond acceptors (Lipinski definition) is 0. The van der Waals surface area contributed by atoms with Crippen molar-refractivity contribution in [3.05, 3.63) is 72.4 Å². The molecule has 0 nitrogen and oxygen atoms in total. The molecule has 0 bridgehead atoms. The van der Waals surface area contributed by atoms with Gasteiger partial charge in [0.2, 0.25) is 0 Å². The number of fused-ring (bicyclic) bond motifs is 1. The van der Waals surface area contributed by atoms with Crippen LogP contribution in [-0.4, -0.2) is 0 Å². The molecule has 0 aliphatic heterocycles. The van der Waals surface area contributed by atoms with Gasteiger partial charge >= 0.3 is 0 Å².